The quantitative estimate of drug-likeness (QED) is 0.511. The van der Waals surface area contributed by atoms with E-state index < -0.39 is 50.1 Å². The van der Waals surface area contributed by atoms with Crippen LogP contribution in [0.15, 0.2) is 27.4 Å². The number of carbonyl (C=O) groups is 1. The summed E-state index contributed by atoms with van der Waals surface area (Å²) >= 11 is 0. The first-order chi connectivity index (χ1) is 15.7. The normalized spacial score (nSPS) is 31.5. The van der Waals surface area contributed by atoms with E-state index in [0.29, 0.717) is 29.5 Å². The summed E-state index contributed by atoms with van der Waals surface area (Å²) in [5.41, 5.74) is -2.26. The van der Waals surface area contributed by atoms with Crippen LogP contribution in [-0.4, -0.2) is 36.8 Å². The maximum Gasteiger partial charge on any atom is 0.336 e. The first-order valence-electron chi connectivity index (χ1n) is 11.6. The zero-order chi connectivity index (χ0) is 24.8. The van der Waals surface area contributed by atoms with E-state index in [0.717, 1.165) is 6.42 Å². The molecule has 0 amide bonds. The van der Waals surface area contributed by atoms with Crippen LogP contribution in [0.2, 0.25) is 0 Å². The summed E-state index contributed by atoms with van der Waals surface area (Å²) in [6.45, 7) is 8.92. The van der Waals surface area contributed by atoms with E-state index in [1.807, 2.05) is 13.8 Å². The van der Waals surface area contributed by atoms with Crippen LogP contribution in [0.1, 0.15) is 64.2 Å². The molecule has 0 radical (unpaired) electrons. The van der Waals surface area contributed by atoms with Crippen molar-refractivity contribution in [2.75, 3.05) is 5.75 Å². The van der Waals surface area contributed by atoms with Crippen LogP contribution >= 0.6 is 0 Å². The fourth-order valence-corrected chi connectivity index (χ4v) is 8.40. The van der Waals surface area contributed by atoms with Crippen molar-refractivity contribution in [2.24, 2.45) is 16.7 Å². The van der Waals surface area contributed by atoms with Crippen molar-refractivity contribution in [3.8, 4) is 5.75 Å². The highest BCUT2D eigenvalue weighted by molar-refractivity contribution is 7.86. The average Bonchev–Trinajstić information content (AvgIpc) is 3.04. The van der Waals surface area contributed by atoms with E-state index in [1.54, 1.807) is 32.9 Å². The third kappa shape index (κ3) is 3.20. The van der Waals surface area contributed by atoms with E-state index in [-0.39, 0.29) is 22.8 Å². The van der Waals surface area contributed by atoms with Crippen LogP contribution in [0, 0.1) is 23.7 Å². The third-order valence-electron chi connectivity index (χ3n) is 8.57. The molecule has 1 aromatic heterocycles. The monoisotopic (exact) mass is 490 g/mol. The minimum Gasteiger partial charge on any atom is -0.484 e. The molecule has 1 N–H and O–H groups in total. The highest BCUT2D eigenvalue weighted by Gasteiger charge is 2.66. The summed E-state index contributed by atoms with van der Waals surface area (Å²) in [5, 5.41) is 12.0. The van der Waals surface area contributed by atoms with Gasteiger partial charge in [0.05, 0.1) is 16.7 Å². The number of hydrogen-bond acceptors (Lipinski definition) is 8. The second-order valence-corrected chi connectivity index (χ2v) is 12.7. The van der Waals surface area contributed by atoms with Crippen molar-refractivity contribution in [1.82, 2.24) is 0 Å². The van der Waals surface area contributed by atoms with E-state index >= 15 is 0 Å². The van der Waals surface area contributed by atoms with Gasteiger partial charge in [-0.05, 0) is 62.6 Å². The van der Waals surface area contributed by atoms with Crippen LogP contribution in [-0.2, 0) is 19.1 Å². The van der Waals surface area contributed by atoms with Gasteiger partial charge in [0.25, 0.3) is 10.1 Å². The molecule has 0 spiro atoms. The van der Waals surface area contributed by atoms with Crippen LogP contribution in [0.3, 0.4) is 0 Å². The summed E-state index contributed by atoms with van der Waals surface area (Å²) in [4.78, 5) is 24.9. The summed E-state index contributed by atoms with van der Waals surface area (Å²) < 4.78 is 43.8. The van der Waals surface area contributed by atoms with Gasteiger partial charge >= 0.3 is 5.63 Å². The molecule has 2 heterocycles. The molecule has 4 atom stereocenters. The van der Waals surface area contributed by atoms with Crippen LogP contribution in [0.4, 0.5) is 0 Å². The molecule has 2 aliphatic carbocycles. The minimum absolute atomic E-state index is 0.0331. The Morgan fingerprint density at radius 2 is 1.88 bits per heavy atom. The number of hydrogen-bond donors (Lipinski definition) is 1. The Balaban J connectivity index is 1.53. The molecule has 5 rings (SSSR count). The number of benzene rings is 1. The van der Waals surface area contributed by atoms with Crippen molar-refractivity contribution >= 4 is 26.9 Å². The van der Waals surface area contributed by atoms with Gasteiger partial charge in [0.2, 0.25) is 0 Å². The fraction of sp³-hybridized carbons (Fsp3) is 0.600. The van der Waals surface area contributed by atoms with Crippen LogP contribution in [0.5, 0.6) is 5.75 Å². The van der Waals surface area contributed by atoms with Gasteiger partial charge in [-0.15, -0.1) is 0 Å². The SMILES string of the molecule is Cc1cc(=O)oc2c3c(ccc12)OC(C)(C)[C@H](OS(=O)(=O)CC12CCC(CC1=O)C2(C)C)[C@@H]3O. The van der Waals surface area contributed by atoms with Gasteiger partial charge in [-0.25, -0.2) is 4.79 Å². The van der Waals surface area contributed by atoms with Crippen molar-refractivity contribution in [1.29, 1.82) is 0 Å². The molecule has 8 nitrogen and oxygen atoms in total. The van der Waals surface area contributed by atoms with Gasteiger partial charge in [0.1, 0.15) is 34.9 Å². The second kappa shape index (κ2) is 7.15. The smallest absolute Gasteiger partial charge is 0.336 e. The molecule has 1 aromatic carbocycles. The molecule has 3 aliphatic rings. The average molecular weight is 491 g/mol. The number of aliphatic hydroxyl groups excluding tert-OH is 1. The molecule has 184 valence electrons. The maximum absolute atomic E-state index is 13.4. The highest BCUT2D eigenvalue weighted by Crippen LogP contribution is 2.64. The zero-order valence-electron chi connectivity index (χ0n) is 20.0. The van der Waals surface area contributed by atoms with Crippen LogP contribution < -0.4 is 10.4 Å². The Morgan fingerprint density at radius 1 is 1.18 bits per heavy atom. The lowest BCUT2D eigenvalue weighted by molar-refractivity contribution is -0.128. The van der Waals surface area contributed by atoms with Crippen molar-refractivity contribution < 1.29 is 31.7 Å². The molecule has 9 heteroatoms. The van der Waals surface area contributed by atoms with E-state index in [4.69, 9.17) is 13.3 Å². The van der Waals surface area contributed by atoms with Gasteiger partial charge in [-0.3, -0.25) is 8.98 Å². The molecule has 34 heavy (non-hydrogen) atoms. The van der Waals surface area contributed by atoms with Gasteiger partial charge < -0.3 is 14.3 Å². The number of rotatable bonds is 4. The number of ether oxygens (including phenoxy) is 1. The molecule has 2 bridgehead atoms. The maximum atomic E-state index is 13.4. The molecular weight excluding hydrogens is 460 g/mol. The third-order valence-corrected chi connectivity index (χ3v) is 9.92. The van der Waals surface area contributed by atoms with E-state index in [9.17, 15) is 23.1 Å². The standard InChI is InChI=1S/C25H30O8S/c1-13-10-18(27)31-21-15(13)6-7-16-19(21)20(28)22(24(4,5)32-16)33-34(29,30)12-25-9-8-14(11-17(25)26)23(25,2)3/h6-7,10,14,20,22,28H,8-9,11-12H2,1-5H3/t14?,20-,22-,25?/m1/s1. The number of carbonyl (C=O) groups excluding carboxylic acids is 1. The molecule has 2 unspecified atom stereocenters. The number of aliphatic hydroxyl groups is 1. The summed E-state index contributed by atoms with van der Waals surface area (Å²) in [6, 6.07) is 4.75. The highest BCUT2D eigenvalue weighted by atomic mass is 32.2. The molecule has 2 saturated carbocycles. The van der Waals surface area contributed by atoms with E-state index in [1.165, 1.54) is 6.07 Å². The lowest BCUT2D eigenvalue weighted by Crippen LogP contribution is -2.52. The van der Waals surface area contributed by atoms with E-state index in [2.05, 4.69) is 0 Å². The van der Waals surface area contributed by atoms with Crippen molar-refractivity contribution in [2.45, 2.75) is 71.7 Å². The number of fused-ring (bicyclic) bond motifs is 5. The largest absolute Gasteiger partial charge is 0.484 e. The molecule has 0 saturated heterocycles. The van der Waals surface area contributed by atoms with Crippen molar-refractivity contribution in [3.63, 3.8) is 0 Å². The topological polar surface area (TPSA) is 120 Å². The summed E-state index contributed by atoms with van der Waals surface area (Å²) in [5.74, 6) is -0.00716. The Morgan fingerprint density at radius 3 is 2.50 bits per heavy atom. The summed E-state index contributed by atoms with van der Waals surface area (Å²) in [6.07, 6.45) is -1.04. The lowest BCUT2D eigenvalue weighted by Gasteiger charge is -2.42. The number of aryl methyl sites for hydroxylation is 1. The van der Waals surface area contributed by atoms with Crippen LogP contribution in [0.25, 0.3) is 11.0 Å². The Kier molecular flexibility index (Phi) is 4.94. The first kappa shape index (κ1) is 23.5. The predicted molar refractivity (Wildman–Crippen MR) is 124 cm³/mol. The molecule has 2 fully saturated rings. The van der Waals surface area contributed by atoms with Gasteiger partial charge in [-0.2, -0.15) is 8.42 Å². The number of ketones is 1. The lowest BCUT2D eigenvalue weighted by atomic mass is 9.70. The van der Waals surface area contributed by atoms with Gasteiger partial charge in [0.15, 0.2) is 0 Å². The Hall–Kier alpha value is -2.23. The molecule has 1 aliphatic heterocycles. The predicted octanol–water partition coefficient (Wildman–Crippen LogP) is 3.42. The van der Waals surface area contributed by atoms with Crippen molar-refractivity contribution in [3.05, 3.63) is 39.7 Å². The van der Waals surface area contributed by atoms with Gasteiger partial charge in [-0.1, -0.05) is 13.8 Å². The zero-order valence-corrected chi connectivity index (χ0v) is 20.8. The fourth-order valence-electron chi connectivity index (χ4n) is 6.40. The minimum atomic E-state index is -4.24. The Bertz CT molecular complexity index is 1370. The molecular formula is C25H30O8S. The van der Waals surface area contributed by atoms with Gasteiger partial charge in [0, 0.05) is 17.9 Å². The second-order valence-electron chi connectivity index (χ2n) is 11.1. The number of Topliss-reactive ketones (excluding diaryl/α,β-unsaturated/α-hetero) is 1. The summed E-state index contributed by atoms with van der Waals surface area (Å²) in [7, 11) is -4.24. The first-order valence-corrected chi connectivity index (χ1v) is 13.1. The Labute approximate surface area is 198 Å². The molecule has 2 aromatic rings.